The van der Waals surface area contributed by atoms with Crippen LogP contribution in [0.1, 0.15) is 50.1 Å². The lowest BCUT2D eigenvalue weighted by Gasteiger charge is -2.44. The minimum atomic E-state index is -0.288. The van der Waals surface area contributed by atoms with E-state index in [1.54, 1.807) is 0 Å². The molecule has 4 aliphatic carbocycles. The van der Waals surface area contributed by atoms with Gasteiger partial charge >= 0.3 is 0 Å². The monoisotopic (exact) mass is 1000 g/mol. The van der Waals surface area contributed by atoms with Gasteiger partial charge in [-0.25, -0.2) is 4.85 Å². The molecule has 2 unspecified atom stereocenters. The zero-order valence-corrected chi connectivity index (χ0v) is 45.6. The number of para-hydroxylation sites is 3. The highest BCUT2D eigenvalue weighted by molar-refractivity contribution is 5.94. The molecule has 0 saturated carbocycles. The average Bonchev–Trinajstić information content (AvgIpc) is 3.63. The summed E-state index contributed by atoms with van der Waals surface area (Å²) >= 11 is 0. The SMILES string of the molecule is [C-]#[N+]c1ccccc1N(C1=C2C=CC3=C4C(=CC=C(C=C1)C24)C(N(c1ccccc1C#N)c1ccc(-c2ccc(C)c(C)c2)cc1-c1ccc(C)c(C)c1)C=C3)c1ccc(-c2ccc(C)c(C)c2)cc1-c1ccc(C)c(C)c1. The van der Waals surface area contributed by atoms with Crippen LogP contribution in [0.3, 0.4) is 0 Å². The highest BCUT2D eigenvalue weighted by Gasteiger charge is 2.41. The van der Waals surface area contributed by atoms with Gasteiger partial charge in [-0.05, 0) is 210 Å². The van der Waals surface area contributed by atoms with Gasteiger partial charge in [-0.2, -0.15) is 5.26 Å². The number of hydrogen-bond acceptors (Lipinski definition) is 3. The Hall–Kier alpha value is -9.48. The second-order valence-electron chi connectivity index (χ2n) is 21.5. The van der Waals surface area contributed by atoms with Gasteiger partial charge in [0.2, 0.25) is 5.69 Å². The maximum atomic E-state index is 10.9. The van der Waals surface area contributed by atoms with Gasteiger partial charge in [-0.15, -0.1) is 0 Å². The van der Waals surface area contributed by atoms with Gasteiger partial charge in [0.15, 0.2) is 0 Å². The van der Waals surface area contributed by atoms with Gasteiger partial charge in [-0.1, -0.05) is 158 Å². The molecule has 8 aromatic rings. The first-order valence-electron chi connectivity index (χ1n) is 27.0. The molecular formula is C74H60N4. The van der Waals surface area contributed by atoms with Gasteiger partial charge in [-0.3, -0.25) is 0 Å². The quantitative estimate of drug-likeness (QED) is 0.128. The van der Waals surface area contributed by atoms with Crippen molar-refractivity contribution in [1.29, 1.82) is 5.26 Å². The summed E-state index contributed by atoms with van der Waals surface area (Å²) < 4.78 is 0. The summed E-state index contributed by atoms with van der Waals surface area (Å²) in [6, 6.07) is 59.0. The van der Waals surface area contributed by atoms with Crippen LogP contribution in [0.5, 0.6) is 0 Å². The van der Waals surface area contributed by atoms with E-state index in [4.69, 9.17) is 6.57 Å². The molecule has 0 N–H and O–H groups in total. The van der Waals surface area contributed by atoms with E-state index in [9.17, 15) is 5.26 Å². The van der Waals surface area contributed by atoms with Crippen molar-refractivity contribution in [2.45, 2.75) is 61.4 Å². The highest BCUT2D eigenvalue weighted by atomic mass is 15.2. The largest absolute Gasteiger partial charge is 0.329 e. The summed E-state index contributed by atoms with van der Waals surface area (Å²) in [5.74, 6) is -0.112. The van der Waals surface area contributed by atoms with Crippen molar-refractivity contribution in [2.75, 3.05) is 9.80 Å². The molecule has 0 radical (unpaired) electrons. The lowest BCUT2D eigenvalue weighted by Crippen LogP contribution is -2.38. The first-order valence-corrected chi connectivity index (χ1v) is 27.0. The number of anilines is 4. The fraction of sp³-hybridized carbons (Fsp3) is 0.135. The number of nitriles is 1. The van der Waals surface area contributed by atoms with Crippen LogP contribution >= 0.6 is 0 Å². The van der Waals surface area contributed by atoms with Crippen molar-refractivity contribution in [3.8, 4) is 50.6 Å². The Morgan fingerprint density at radius 1 is 0.462 bits per heavy atom. The van der Waals surface area contributed by atoms with Crippen molar-refractivity contribution < 1.29 is 0 Å². The Balaban J connectivity index is 1.05. The number of hydrogen-bond donors (Lipinski definition) is 0. The summed E-state index contributed by atoms with van der Waals surface area (Å²) in [7, 11) is 0. The van der Waals surface area contributed by atoms with Crippen molar-refractivity contribution in [3.05, 3.63) is 301 Å². The highest BCUT2D eigenvalue weighted by Crippen LogP contribution is 2.54. The van der Waals surface area contributed by atoms with Gasteiger partial charge in [0, 0.05) is 28.4 Å². The molecule has 376 valence electrons. The number of rotatable bonds is 10. The topological polar surface area (TPSA) is 34.6 Å². The van der Waals surface area contributed by atoms with E-state index in [0.29, 0.717) is 11.3 Å². The van der Waals surface area contributed by atoms with Crippen molar-refractivity contribution in [1.82, 2.24) is 0 Å². The Morgan fingerprint density at radius 3 is 1.56 bits per heavy atom. The molecule has 8 aromatic carbocycles. The molecule has 0 bridgehead atoms. The Morgan fingerprint density at radius 2 is 0.974 bits per heavy atom. The zero-order valence-electron chi connectivity index (χ0n) is 45.6. The zero-order chi connectivity index (χ0) is 53.9. The molecule has 4 heteroatoms. The molecule has 4 aliphatic rings. The smallest absolute Gasteiger partial charge is 0.210 e. The van der Waals surface area contributed by atoms with Gasteiger partial charge < -0.3 is 9.80 Å². The molecule has 0 aliphatic heterocycles. The Bertz CT molecular complexity index is 4170. The molecule has 2 atom stereocenters. The van der Waals surface area contributed by atoms with E-state index in [-0.39, 0.29) is 12.0 Å². The summed E-state index contributed by atoms with van der Waals surface area (Å²) in [5.41, 5.74) is 30.8. The summed E-state index contributed by atoms with van der Waals surface area (Å²) in [5, 5.41) is 10.9. The van der Waals surface area contributed by atoms with Crippen LogP contribution in [-0.4, -0.2) is 6.04 Å². The molecule has 0 spiro atoms. The first kappa shape index (κ1) is 49.4. The fourth-order valence-corrected chi connectivity index (χ4v) is 11.8. The minimum absolute atomic E-state index is 0.112. The second kappa shape index (κ2) is 19.9. The lowest BCUT2D eigenvalue weighted by atomic mass is 9.67. The third kappa shape index (κ3) is 8.57. The summed E-state index contributed by atoms with van der Waals surface area (Å²) in [6.07, 6.45) is 18.4. The summed E-state index contributed by atoms with van der Waals surface area (Å²) in [6.45, 7) is 25.9. The number of aryl methyl sites for hydroxylation is 8. The molecule has 0 saturated heterocycles. The van der Waals surface area contributed by atoms with Crippen molar-refractivity contribution in [3.63, 3.8) is 0 Å². The first-order chi connectivity index (χ1) is 37.9. The van der Waals surface area contributed by atoms with Gasteiger partial charge in [0.05, 0.1) is 35.2 Å². The van der Waals surface area contributed by atoms with E-state index in [1.807, 2.05) is 36.4 Å². The van der Waals surface area contributed by atoms with E-state index in [2.05, 4.69) is 246 Å². The van der Waals surface area contributed by atoms with E-state index < -0.39 is 0 Å². The third-order valence-electron chi connectivity index (χ3n) is 16.8. The molecule has 78 heavy (non-hydrogen) atoms. The maximum Gasteiger partial charge on any atom is 0.210 e. The van der Waals surface area contributed by atoms with Gasteiger partial charge in [0.1, 0.15) is 6.07 Å². The van der Waals surface area contributed by atoms with Crippen LogP contribution in [0.4, 0.5) is 28.4 Å². The Labute approximate surface area is 460 Å². The van der Waals surface area contributed by atoms with Crippen LogP contribution in [0.25, 0.3) is 49.4 Å². The lowest BCUT2D eigenvalue weighted by molar-refractivity contribution is 0.773. The standard InChI is InChI=1S/C74H60N4/c1-45-18-22-55(38-49(45)5)57-30-36-70(64(42-57)59-24-20-47(3)51(7)40-59)77(67-16-12-10-14-61(67)44-75)68-34-28-53-27-33-63-69(35-29-54-26-32-62(68)73(53)74(54)63)78(72-17-13-11-15-66(72)76-9)71-37-31-58(56-23-19-46(2)50(6)39-56)43-65(71)60-25-21-48(4)52(8)41-60/h10-43,68,74H,1-8H3. The number of nitrogens with zero attached hydrogens (tertiary/aromatic N) is 4. The molecule has 12 rings (SSSR count). The normalized spacial score (nSPS) is 15.8. The molecule has 0 aromatic heterocycles. The van der Waals surface area contributed by atoms with Crippen molar-refractivity contribution >= 4 is 28.4 Å². The molecular weight excluding hydrogens is 945 g/mol. The molecule has 4 nitrogen and oxygen atoms in total. The molecule has 0 amide bonds. The Kier molecular flexibility index (Phi) is 12.6. The molecule has 0 heterocycles. The van der Waals surface area contributed by atoms with E-state index >= 15 is 0 Å². The fourth-order valence-electron chi connectivity index (χ4n) is 11.8. The van der Waals surface area contributed by atoms with E-state index in [0.717, 1.165) is 73.0 Å². The minimum Gasteiger partial charge on any atom is -0.329 e. The van der Waals surface area contributed by atoms with Crippen molar-refractivity contribution in [2.24, 2.45) is 5.92 Å². The predicted octanol–water partition coefficient (Wildman–Crippen LogP) is 19.3. The maximum absolute atomic E-state index is 10.9. The average molecular weight is 1010 g/mol. The third-order valence-corrected chi connectivity index (χ3v) is 16.8. The summed E-state index contributed by atoms with van der Waals surface area (Å²) in [4.78, 5) is 8.93. The van der Waals surface area contributed by atoms with Crippen LogP contribution in [-0.2, 0) is 0 Å². The van der Waals surface area contributed by atoms with Crippen LogP contribution in [0, 0.1) is 79.2 Å². The van der Waals surface area contributed by atoms with Crippen LogP contribution in [0.15, 0.2) is 240 Å². The van der Waals surface area contributed by atoms with Gasteiger partial charge in [0.25, 0.3) is 0 Å². The molecule has 0 fully saturated rings. The second-order valence-corrected chi connectivity index (χ2v) is 21.5. The number of allylic oxidation sites excluding steroid dienone is 10. The number of benzene rings is 8. The van der Waals surface area contributed by atoms with Crippen LogP contribution in [0.2, 0.25) is 0 Å². The van der Waals surface area contributed by atoms with Crippen LogP contribution < -0.4 is 9.80 Å². The predicted molar refractivity (Wildman–Crippen MR) is 326 cm³/mol. The van der Waals surface area contributed by atoms with E-state index in [1.165, 1.54) is 72.4 Å².